The van der Waals surface area contributed by atoms with Crippen LogP contribution in [0.15, 0.2) is 30.2 Å². The number of likely N-dealkylation sites (tertiary alicyclic amines) is 1. The highest BCUT2D eigenvalue weighted by atomic mass is 32.1. The molecule has 2 aliphatic rings. The van der Waals surface area contributed by atoms with E-state index >= 15 is 0 Å². The number of aliphatic hydroxyl groups is 1. The molecule has 1 saturated carbocycles. The normalized spacial score (nSPS) is 31.0. The Balaban J connectivity index is 1.38. The first kappa shape index (κ1) is 15.0. The zero-order valence-corrected chi connectivity index (χ0v) is 13.7. The van der Waals surface area contributed by atoms with Crippen molar-refractivity contribution in [3.63, 3.8) is 0 Å². The molecule has 0 radical (unpaired) electrons. The van der Waals surface area contributed by atoms with Crippen LogP contribution in [-0.2, 0) is 6.54 Å². The van der Waals surface area contributed by atoms with Crippen LogP contribution in [0.5, 0.6) is 0 Å². The van der Waals surface area contributed by atoms with Gasteiger partial charge in [-0.25, -0.2) is 9.97 Å². The summed E-state index contributed by atoms with van der Waals surface area (Å²) >= 11 is 1.72. The Morgan fingerprint density at radius 1 is 1.17 bits per heavy atom. The first-order valence-electron chi connectivity index (χ1n) is 8.09. The summed E-state index contributed by atoms with van der Waals surface area (Å²) in [7, 11) is 0. The molecule has 2 aromatic heterocycles. The number of anilines is 1. The molecular formula is C16H21N5OS. The minimum atomic E-state index is -0.321. The summed E-state index contributed by atoms with van der Waals surface area (Å²) in [6.45, 7) is 3.10. The van der Waals surface area contributed by atoms with Crippen molar-refractivity contribution in [3.8, 4) is 0 Å². The zero-order chi connectivity index (χ0) is 15.6. The van der Waals surface area contributed by atoms with Crippen molar-refractivity contribution in [2.24, 2.45) is 11.8 Å². The quantitative estimate of drug-likeness (QED) is 0.887. The monoisotopic (exact) mass is 331 g/mol. The number of rotatable bonds is 4. The van der Waals surface area contributed by atoms with Gasteiger partial charge in [0, 0.05) is 37.1 Å². The van der Waals surface area contributed by atoms with Gasteiger partial charge in [0.05, 0.1) is 24.9 Å². The zero-order valence-electron chi connectivity index (χ0n) is 12.9. The Kier molecular flexibility index (Phi) is 4.24. The Labute approximate surface area is 139 Å². The largest absolute Gasteiger partial charge is 0.391 e. The number of aliphatic hydroxyl groups excluding tert-OH is 1. The molecule has 1 saturated heterocycles. The van der Waals surface area contributed by atoms with Gasteiger partial charge in [-0.15, -0.1) is 11.3 Å². The van der Waals surface area contributed by atoms with Crippen molar-refractivity contribution < 1.29 is 5.11 Å². The summed E-state index contributed by atoms with van der Waals surface area (Å²) in [6.07, 6.45) is 8.43. The van der Waals surface area contributed by atoms with E-state index in [9.17, 15) is 5.11 Å². The molecule has 2 fully saturated rings. The molecule has 6 nitrogen and oxygen atoms in total. The fourth-order valence-corrected chi connectivity index (χ4v) is 4.56. The van der Waals surface area contributed by atoms with Crippen LogP contribution >= 0.6 is 11.3 Å². The van der Waals surface area contributed by atoms with Gasteiger partial charge < -0.3 is 10.4 Å². The Morgan fingerprint density at radius 2 is 2.04 bits per heavy atom. The Morgan fingerprint density at radius 3 is 2.78 bits per heavy atom. The van der Waals surface area contributed by atoms with Crippen molar-refractivity contribution in [1.29, 1.82) is 0 Å². The smallest absolute Gasteiger partial charge is 0.144 e. The molecule has 4 atom stereocenters. The molecule has 1 aliphatic heterocycles. The van der Waals surface area contributed by atoms with Crippen LogP contribution in [0.4, 0.5) is 5.82 Å². The van der Waals surface area contributed by atoms with Gasteiger partial charge in [-0.1, -0.05) is 0 Å². The van der Waals surface area contributed by atoms with E-state index in [1.165, 1.54) is 5.01 Å². The highest BCUT2D eigenvalue weighted by molar-refractivity contribution is 7.09. The minimum absolute atomic E-state index is 0.0627. The number of nitrogens with one attached hydrogen (secondary N) is 1. The summed E-state index contributed by atoms with van der Waals surface area (Å²) in [5, 5.41) is 17.0. The lowest BCUT2D eigenvalue weighted by molar-refractivity contribution is 0.0735. The summed E-state index contributed by atoms with van der Waals surface area (Å²) in [6, 6.07) is 0.0627. The molecule has 23 heavy (non-hydrogen) atoms. The number of fused-ring (bicyclic) bond motifs is 1. The van der Waals surface area contributed by atoms with Crippen LogP contribution in [0.25, 0.3) is 0 Å². The number of hydrogen-bond donors (Lipinski definition) is 2. The maximum Gasteiger partial charge on any atom is 0.144 e. The molecular weight excluding hydrogens is 310 g/mol. The number of thiazole rings is 1. The van der Waals surface area contributed by atoms with Crippen LogP contribution in [0.2, 0.25) is 0 Å². The van der Waals surface area contributed by atoms with Crippen molar-refractivity contribution in [1.82, 2.24) is 19.9 Å². The predicted molar refractivity (Wildman–Crippen MR) is 89.1 cm³/mol. The van der Waals surface area contributed by atoms with Crippen LogP contribution < -0.4 is 5.32 Å². The predicted octanol–water partition coefficient (Wildman–Crippen LogP) is 1.62. The first-order valence-corrected chi connectivity index (χ1v) is 8.97. The molecule has 122 valence electrons. The molecule has 1 aliphatic carbocycles. The number of aromatic nitrogens is 3. The van der Waals surface area contributed by atoms with Gasteiger partial charge in [0.1, 0.15) is 10.8 Å². The number of hydrogen-bond acceptors (Lipinski definition) is 7. The highest BCUT2D eigenvalue weighted by Crippen LogP contribution is 2.37. The average molecular weight is 331 g/mol. The van der Waals surface area contributed by atoms with Gasteiger partial charge in [0.2, 0.25) is 0 Å². The van der Waals surface area contributed by atoms with Gasteiger partial charge in [0.15, 0.2) is 0 Å². The SMILES string of the molecule is O[C@@H]1C[C@H]2CN(Cc3nccs3)C[C@H]2C[C@H]1Nc1cnccn1. The van der Waals surface area contributed by atoms with Crippen molar-refractivity contribution in [2.45, 2.75) is 31.5 Å². The lowest BCUT2D eigenvalue weighted by atomic mass is 9.77. The molecule has 7 heteroatoms. The molecule has 0 aromatic carbocycles. The topological polar surface area (TPSA) is 74.2 Å². The molecule has 4 rings (SSSR count). The van der Waals surface area contributed by atoms with E-state index in [2.05, 4.69) is 25.2 Å². The van der Waals surface area contributed by atoms with E-state index in [1.807, 2.05) is 11.6 Å². The third-order valence-corrected chi connectivity index (χ3v) is 5.72. The average Bonchev–Trinajstić information content (AvgIpc) is 3.18. The molecule has 0 spiro atoms. The maximum absolute atomic E-state index is 10.5. The van der Waals surface area contributed by atoms with Gasteiger partial charge in [-0.3, -0.25) is 9.88 Å². The summed E-state index contributed by atoms with van der Waals surface area (Å²) < 4.78 is 0. The van der Waals surface area contributed by atoms with Gasteiger partial charge in [-0.05, 0) is 24.7 Å². The van der Waals surface area contributed by atoms with E-state index in [1.54, 1.807) is 29.9 Å². The highest BCUT2D eigenvalue weighted by Gasteiger charge is 2.41. The lowest BCUT2D eigenvalue weighted by Gasteiger charge is -2.35. The number of nitrogens with zero attached hydrogens (tertiary/aromatic N) is 4. The second-order valence-corrected chi connectivity index (χ2v) is 7.50. The first-order chi connectivity index (χ1) is 11.3. The molecule has 0 unspecified atom stereocenters. The van der Waals surface area contributed by atoms with E-state index in [0.29, 0.717) is 11.8 Å². The third-order valence-electron chi connectivity index (χ3n) is 4.96. The summed E-state index contributed by atoms with van der Waals surface area (Å²) in [4.78, 5) is 15.2. The van der Waals surface area contributed by atoms with E-state index in [0.717, 1.165) is 38.3 Å². The van der Waals surface area contributed by atoms with Crippen LogP contribution in [-0.4, -0.2) is 50.2 Å². The molecule has 2 N–H and O–H groups in total. The second-order valence-electron chi connectivity index (χ2n) is 6.52. The molecule has 2 aromatic rings. The van der Waals surface area contributed by atoms with Crippen molar-refractivity contribution in [2.75, 3.05) is 18.4 Å². The lowest BCUT2D eigenvalue weighted by Crippen LogP contribution is -2.43. The van der Waals surface area contributed by atoms with Gasteiger partial charge in [-0.2, -0.15) is 0 Å². The van der Waals surface area contributed by atoms with Gasteiger partial charge >= 0.3 is 0 Å². The van der Waals surface area contributed by atoms with Crippen LogP contribution in [0.3, 0.4) is 0 Å². The minimum Gasteiger partial charge on any atom is -0.391 e. The third kappa shape index (κ3) is 3.36. The Bertz CT molecular complexity index is 623. The maximum atomic E-state index is 10.5. The molecule has 3 heterocycles. The van der Waals surface area contributed by atoms with E-state index in [4.69, 9.17) is 0 Å². The van der Waals surface area contributed by atoms with E-state index in [-0.39, 0.29) is 12.1 Å². The fourth-order valence-electron chi connectivity index (χ4n) is 3.90. The van der Waals surface area contributed by atoms with E-state index < -0.39 is 0 Å². The van der Waals surface area contributed by atoms with Crippen molar-refractivity contribution >= 4 is 17.2 Å². The fraction of sp³-hybridized carbons (Fsp3) is 0.562. The van der Waals surface area contributed by atoms with Crippen LogP contribution in [0.1, 0.15) is 17.8 Å². The molecule has 0 bridgehead atoms. The van der Waals surface area contributed by atoms with Crippen LogP contribution in [0, 0.1) is 11.8 Å². The van der Waals surface area contributed by atoms with Gasteiger partial charge in [0.25, 0.3) is 0 Å². The second kappa shape index (κ2) is 6.51. The summed E-state index contributed by atoms with van der Waals surface area (Å²) in [5.74, 6) is 1.96. The standard InChI is InChI=1S/C16H21N5OS/c22-14-6-12-9-21(10-16-19-3-4-23-16)8-11(12)5-13(14)20-15-7-17-1-2-18-15/h1-4,7,11-14,22H,5-6,8-10H2,(H,18,20)/t11-,12+,13-,14-/m1/s1. The molecule has 0 amide bonds. The summed E-state index contributed by atoms with van der Waals surface area (Å²) in [5.41, 5.74) is 0. The van der Waals surface area contributed by atoms with Crippen molar-refractivity contribution in [3.05, 3.63) is 35.2 Å². The Hall–Kier alpha value is -1.57.